The summed E-state index contributed by atoms with van der Waals surface area (Å²) >= 11 is 0. The van der Waals surface area contributed by atoms with Gasteiger partial charge in [0.05, 0.1) is 0 Å². The number of aliphatic carboxylic acids is 1. The number of rotatable bonds is 12. The van der Waals surface area contributed by atoms with E-state index in [1.165, 1.54) is 0 Å². The topological polar surface area (TPSA) is 66.4 Å². The highest BCUT2D eigenvalue weighted by atomic mass is 16.4. The van der Waals surface area contributed by atoms with E-state index in [1.807, 2.05) is 0 Å². The molecule has 112 valence electrons. The maximum atomic E-state index is 11.9. The number of hydrogen-bond donors (Lipinski definition) is 2. The molecular weight excluding hydrogens is 242 g/mol. The number of nitrogens with one attached hydrogen (secondary N) is 1. The summed E-state index contributed by atoms with van der Waals surface area (Å²) in [5.74, 6) is -0.386. The Morgan fingerprint density at radius 3 is 2.32 bits per heavy atom. The van der Waals surface area contributed by atoms with Crippen molar-refractivity contribution in [2.75, 3.05) is 6.54 Å². The van der Waals surface area contributed by atoms with Crippen LogP contribution in [-0.2, 0) is 9.59 Å². The van der Waals surface area contributed by atoms with Gasteiger partial charge in [-0.1, -0.05) is 39.5 Å². The van der Waals surface area contributed by atoms with Crippen molar-refractivity contribution >= 4 is 11.9 Å². The van der Waals surface area contributed by atoms with Crippen LogP contribution in [0.4, 0.5) is 0 Å². The van der Waals surface area contributed by atoms with Crippen LogP contribution in [0, 0.1) is 5.92 Å². The van der Waals surface area contributed by atoms with Crippen molar-refractivity contribution in [2.24, 2.45) is 5.92 Å². The molecular formula is C15H29NO3. The Labute approximate surface area is 117 Å². The van der Waals surface area contributed by atoms with Crippen molar-refractivity contribution in [3.8, 4) is 0 Å². The van der Waals surface area contributed by atoms with Gasteiger partial charge < -0.3 is 10.4 Å². The van der Waals surface area contributed by atoms with E-state index in [9.17, 15) is 9.59 Å². The minimum atomic E-state index is -0.727. The van der Waals surface area contributed by atoms with E-state index < -0.39 is 5.97 Å². The predicted molar refractivity (Wildman–Crippen MR) is 77.0 cm³/mol. The molecule has 0 saturated carbocycles. The van der Waals surface area contributed by atoms with Crippen LogP contribution >= 0.6 is 0 Å². The van der Waals surface area contributed by atoms with Crippen LogP contribution in [0.2, 0.25) is 0 Å². The Balaban J connectivity index is 3.53. The lowest BCUT2D eigenvalue weighted by atomic mass is 9.98. The zero-order valence-corrected chi connectivity index (χ0v) is 12.4. The summed E-state index contributed by atoms with van der Waals surface area (Å²) in [6.07, 6.45) is 7.97. The van der Waals surface area contributed by atoms with Gasteiger partial charge in [0.2, 0.25) is 5.91 Å². The highest BCUT2D eigenvalue weighted by Crippen LogP contribution is 2.12. The summed E-state index contributed by atoms with van der Waals surface area (Å²) in [5, 5.41) is 11.5. The van der Waals surface area contributed by atoms with E-state index in [0.29, 0.717) is 6.54 Å². The fraction of sp³-hybridized carbons (Fsp3) is 0.867. The Kier molecular flexibility index (Phi) is 11.3. The summed E-state index contributed by atoms with van der Waals surface area (Å²) in [4.78, 5) is 22.2. The van der Waals surface area contributed by atoms with Crippen molar-refractivity contribution in [3.63, 3.8) is 0 Å². The molecule has 0 heterocycles. The van der Waals surface area contributed by atoms with Gasteiger partial charge in [0.25, 0.3) is 0 Å². The Morgan fingerprint density at radius 2 is 1.74 bits per heavy atom. The van der Waals surface area contributed by atoms with E-state index >= 15 is 0 Å². The lowest BCUT2D eigenvalue weighted by molar-refractivity contribution is -0.137. The number of carboxylic acids is 1. The molecule has 1 unspecified atom stereocenters. The lowest BCUT2D eigenvalue weighted by Gasteiger charge is -2.14. The molecule has 2 N–H and O–H groups in total. The van der Waals surface area contributed by atoms with E-state index in [-0.39, 0.29) is 18.2 Å². The first-order valence-corrected chi connectivity index (χ1v) is 7.61. The zero-order valence-electron chi connectivity index (χ0n) is 12.4. The molecule has 0 spiro atoms. The predicted octanol–water partition coefficient (Wildman–Crippen LogP) is 3.35. The maximum absolute atomic E-state index is 11.9. The van der Waals surface area contributed by atoms with Gasteiger partial charge in [-0.3, -0.25) is 9.59 Å². The molecule has 0 aromatic rings. The number of carboxylic acid groups (broad SMARTS) is 1. The highest BCUT2D eigenvalue weighted by molar-refractivity contribution is 5.78. The molecule has 19 heavy (non-hydrogen) atoms. The first kappa shape index (κ1) is 17.9. The summed E-state index contributed by atoms with van der Waals surface area (Å²) in [7, 11) is 0. The molecule has 4 heteroatoms. The molecule has 0 aliphatic rings. The van der Waals surface area contributed by atoms with Crippen molar-refractivity contribution in [1.29, 1.82) is 0 Å². The molecule has 0 rings (SSSR count). The molecule has 0 aromatic heterocycles. The van der Waals surface area contributed by atoms with Crippen molar-refractivity contribution in [2.45, 2.75) is 71.6 Å². The second-order valence-electron chi connectivity index (χ2n) is 5.10. The molecule has 0 saturated heterocycles. The van der Waals surface area contributed by atoms with E-state index in [1.54, 1.807) is 0 Å². The molecule has 0 bridgehead atoms. The monoisotopic (exact) mass is 271 g/mol. The molecule has 0 aliphatic carbocycles. The number of hydrogen-bond acceptors (Lipinski definition) is 2. The Bertz CT molecular complexity index is 254. The van der Waals surface area contributed by atoms with E-state index in [0.717, 1.165) is 51.4 Å². The minimum absolute atomic E-state index is 0.159. The van der Waals surface area contributed by atoms with Crippen molar-refractivity contribution in [3.05, 3.63) is 0 Å². The van der Waals surface area contributed by atoms with Gasteiger partial charge in [0.1, 0.15) is 0 Å². The first-order valence-electron chi connectivity index (χ1n) is 7.61. The van der Waals surface area contributed by atoms with Gasteiger partial charge in [0.15, 0.2) is 0 Å². The maximum Gasteiger partial charge on any atom is 0.303 e. The molecule has 0 aliphatic heterocycles. The summed E-state index contributed by atoms with van der Waals surface area (Å²) < 4.78 is 0. The Morgan fingerprint density at radius 1 is 1.05 bits per heavy atom. The highest BCUT2D eigenvalue weighted by Gasteiger charge is 2.14. The van der Waals surface area contributed by atoms with Crippen LogP contribution in [0.5, 0.6) is 0 Å². The van der Waals surface area contributed by atoms with E-state index in [4.69, 9.17) is 5.11 Å². The molecule has 4 nitrogen and oxygen atoms in total. The quantitative estimate of drug-likeness (QED) is 0.535. The van der Waals surface area contributed by atoms with Crippen LogP contribution in [0.15, 0.2) is 0 Å². The number of amides is 1. The molecule has 0 fully saturated rings. The van der Waals surface area contributed by atoms with Gasteiger partial charge in [-0.2, -0.15) is 0 Å². The number of carbonyl (C=O) groups excluding carboxylic acids is 1. The van der Waals surface area contributed by atoms with Gasteiger partial charge in [-0.05, 0) is 25.7 Å². The fourth-order valence-electron chi connectivity index (χ4n) is 2.08. The third kappa shape index (κ3) is 10.5. The summed E-state index contributed by atoms with van der Waals surface area (Å²) in [6, 6.07) is 0. The number of carbonyl (C=O) groups is 2. The molecule has 1 atom stereocenters. The largest absolute Gasteiger partial charge is 0.481 e. The van der Waals surface area contributed by atoms with Crippen LogP contribution in [0.25, 0.3) is 0 Å². The van der Waals surface area contributed by atoms with Gasteiger partial charge >= 0.3 is 5.97 Å². The molecule has 0 aromatic carbocycles. The van der Waals surface area contributed by atoms with Crippen molar-refractivity contribution < 1.29 is 14.7 Å². The normalized spacial score (nSPS) is 12.1. The minimum Gasteiger partial charge on any atom is -0.481 e. The smallest absolute Gasteiger partial charge is 0.303 e. The van der Waals surface area contributed by atoms with Crippen LogP contribution in [-0.4, -0.2) is 23.5 Å². The second kappa shape index (κ2) is 12.0. The van der Waals surface area contributed by atoms with Crippen LogP contribution < -0.4 is 5.32 Å². The van der Waals surface area contributed by atoms with E-state index in [2.05, 4.69) is 19.2 Å². The van der Waals surface area contributed by atoms with Gasteiger partial charge in [-0.25, -0.2) is 0 Å². The summed E-state index contributed by atoms with van der Waals surface area (Å²) in [6.45, 7) is 4.92. The van der Waals surface area contributed by atoms with Gasteiger partial charge in [-0.15, -0.1) is 0 Å². The van der Waals surface area contributed by atoms with Crippen molar-refractivity contribution in [1.82, 2.24) is 5.32 Å². The first-order chi connectivity index (χ1) is 9.11. The summed E-state index contributed by atoms with van der Waals surface area (Å²) in [5.41, 5.74) is 0. The zero-order chi connectivity index (χ0) is 14.5. The average Bonchev–Trinajstić information content (AvgIpc) is 2.38. The standard InChI is InChI=1S/C15H29NO3/c1-3-5-10-13(4-2)15(19)16-12-9-7-6-8-11-14(17)18/h13H,3-12H2,1-2H3,(H,16,19)(H,17,18). The third-order valence-corrected chi connectivity index (χ3v) is 3.39. The lowest BCUT2D eigenvalue weighted by Crippen LogP contribution is -2.31. The van der Waals surface area contributed by atoms with Crippen LogP contribution in [0.3, 0.4) is 0 Å². The fourth-order valence-corrected chi connectivity index (χ4v) is 2.08. The SMILES string of the molecule is CCCCC(CC)C(=O)NCCCCCCC(=O)O. The second-order valence-corrected chi connectivity index (χ2v) is 5.10. The molecule has 1 amide bonds. The molecule has 0 radical (unpaired) electrons. The number of unbranched alkanes of at least 4 members (excludes halogenated alkanes) is 4. The third-order valence-electron chi connectivity index (χ3n) is 3.39. The Hall–Kier alpha value is -1.06. The van der Waals surface area contributed by atoms with Crippen LogP contribution in [0.1, 0.15) is 71.6 Å². The van der Waals surface area contributed by atoms with Gasteiger partial charge in [0, 0.05) is 18.9 Å². The average molecular weight is 271 g/mol.